The number of nitrogens with one attached hydrogen (secondary N) is 1. The van der Waals surface area contributed by atoms with E-state index in [9.17, 15) is 9.59 Å². The van der Waals surface area contributed by atoms with E-state index in [1.54, 1.807) is 24.3 Å². The fourth-order valence-electron chi connectivity index (χ4n) is 3.33. The van der Waals surface area contributed by atoms with Crippen molar-refractivity contribution in [3.63, 3.8) is 0 Å². The SMILES string of the molecule is O=C(Nc1cccc(CN2CCCC2=O)c1)C1=Cc2cc(Cl)ccc2OC1. The molecule has 6 heteroatoms. The molecule has 2 aromatic rings. The molecule has 0 spiro atoms. The van der Waals surface area contributed by atoms with Crippen LogP contribution in [0.5, 0.6) is 5.75 Å². The lowest BCUT2D eigenvalue weighted by Crippen LogP contribution is -2.24. The second-order valence-electron chi connectivity index (χ2n) is 6.71. The molecule has 27 heavy (non-hydrogen) atoms. The Hall–Kier alpha value is -2.79. The molecule has 0 aliphatic carbocycles. The van der Waals surface area contributed by atoms with Crippen LogP contribution in [-0.2, 0) is 16.1 Å². The zero-order valence-corrected chi connectivity index (χ0v) is 15.5. The number of nitrogens with zero attached hydrogens (tertiary/aromatic N) is 1. The first-order chi connectivity index (χ1) is 13.1. The van der Waals surface area contributed by atoms with Crippen LogP contribution in [0.2, 0.25) is 5.02 Å². The summed E-state index contributed by atoms with van der Waals surface area (Å²) < 4.78 is 5.64. The van der Waals surface area contributed by atoms with Gasteiger partial charge in [0.05, 0.1) is 5.57 Å². The molecule has 2 amide bonds. The Balaban J connectivity index is 1.47. The van der Waals surface area contributed by atoms with Crippen LogP contribution in [0.25, 0.3) is 6.08 Å². The first-order valence-corrected chi connectivity index (χ1v) is 9.27. The molecule has 1 fully saturated rings. The molecule has 0 atom stereocenters. The van der Waals surface area contributed by atoms with Gasteiger partial charge in [0.2, 0.25) is 5.91 Å². The maximum absolute atomic E-state index is 12.6. The van der Waals surface area contributed by atoms with Crippen LogP contribution in [-0.4, -0.2) is 29.9 Å². The molecule has 0 radical (unpaired) electrons. The van der Waals surface area contributed by atoms with Gasteiger partial charge in [0.25, 0.3) is 5.91 Å². The van der Waals surface area contributed by atoms with Gasteiger partial charge in [-0.2, -0.15) is 0 Å². The highest BCUT2D eigenvalue weighted by Gasteiger charge is 2.21. The van der Waals surface area contributed by atoms with Crippen LogP contribution in [0, 0.1) is 0 Å². The first kappa shape index (κ1) is 17.6. The topological polar surface area (TPSA) is 58.6 Å². The molecule has 0 aromatic heterocycles. The van der Waals surface area contributed by atoms with Gasteiger partial charge in [-0.1, -0.05) is 23.7 Å². The monoisotopic (exact) mass is 382 g/mol. The van der Waals surface area contributed by atoms with Gasteiger partial charge in [0, 0.05) is 35.8 Å². The van der Waals surface area contributed by atoms with E-state index < -0.39 is 0 Å². The molecule has 2 heterocycles. The highest BCUT2D eigenvalue weighted by atomic mass is 35.5. The third-order valence-corrected chi connectivity index (χ3v) is 4.94. The average molecular weight is 383 g/mol. The summed E-state index contributed by atoms with van der Waals surface area (Å²) in [4.78, 5) is 26.3. The summed E-state index contributed by atoms with van der Waals surface area (Å²) in [7, 11) is 0. The number of amides is 2. The Kier molecular flexibility index (Phi) is 4.86. The fourth-order valence-corrected chi connectivity index (χ4v) is 3.51. The van der Waals surface area contributed by atoms with Gasteiger partial charge < -0.3 is 15.0 Å². The van der Waals surface area contributed by atoms with Crippen molar-refractivity contribution >= 4 is 35.2 Å². The number of likely N-dealkylation sites (tertiary alicyclic amines) is 1. The highest BCUT2D eigenvalue weighted by molar-refractivity contribution is 6.30. The van der Waals surface area contributed by atoms with Gasteiger partial charge in [-0.15, -0.1) is 0 Å². The molecule has 5 nitrogen and oxygen atoms in total. The zero-order chi connectivity index (χ0) is 18.8. The lowest BCUT2D eigenvalue weighted by atomic mass is 10.1. The maximum Gasteiger partial charge on any atom is 0.255 e. The number of ether oxygens (including phenoxy) is 1. The highest BCUT2D eigenvalue weighted by Crippen LogP contribution is 2.29. The Bertz CT molecular complexity index is 939. The van der Waals surface area contributed by atoms with E-state index in [4.69, 9.17) is 16.3 Å². The number of anilines is 1. The van der Waals surface area contributed by atoms with Crippen molar-refractivity contribution in [3.05, 3.63) is 64.2 Å². The van der Waals surface area contributed by atoms with Crippen LogP contribution in [0.15, 0.2) is 48.0 Å². The molecular formula is C21H19ClN2O3. The van der Waals surface area contributed by atoms with Gasteiger partial charge in [-0.05, 0) is 48.4 Å². The molecule has 2 aliphatic heterocycles. The van der Waals surface area contributed by atoms with Gasteiger partial charge in [0.15, 0.2) is 0 Å². The van der Waals surface area contributed by atoms with Crippen LogP contribution < -0.4 is 10.1 Å². The zero-order valence-electron chi connectivity index (χ0n) is 14.7. The minimum atomic E-state index is -0.213. The van der Waals surface area contributed by atoms with Crippen LogP contribution >= 0.6 is 11.6 Å². The van der Waals surface area contributed by atoms with E-state index >= 15 is 0 Å². The third-order valence-electron chi connectivity index (χ3n) is 4.71. The van der Waals surface area contributed by atoms with Crippen molar-refractivity contribution in [3.8, 4) is 5.75 Å². The molecular weight excluding hydrogens is 364 g/mol. The molecule has 2 aromatic carbocycles. The van der Waals surface area contributed by atoms with E-state index in [1.807, 2.05) is 29.2 Å². The number of fused-ring (bicyclic) bond motifs is 1. The average Bonchev–Trinajstić information content (AvgIpc) is 3.06. The van der Waals surface area contributed by atoms with Gasteiger partial charge in [-0.25, -0.2) is 0 Å². The number of hydrogen-bond donors (Lipinski definition) is 1. The minimum Gasteiger partial charge on any atom is -0.488 e. The number of rotatable bonds is 4. The van der Waals surface area contributed by atoms with Crippen molar-refractivity contribution in [2.45, 2.75) is 19.4 Å². The Morgan fingerprint density at radius 1 is 1.22 bits per heavy atom. The Morgan fingerprint density at radius 3 is 2.93 bits per heavy atom. The summed E-state index contributed by atoms with van der Waals surface area (Å²) in [6.07, 6.45) is 3.33. The first-order valence-electron chi connectivity index (χ1n) is 8.89. The smallest absolute Gasteiger partial charge is 0.255 e. The lowest BCUT2D eigenvalue weighted by molar-refractivity contribution is -0.128. The number of halogens is 1. The van der Waals surface area contributed by atoms with E-state index in [1.165, 1.54) is 0 Å². The van der Waals surface area contributed by atoms with Crippen molar-refractivity contribution < 1.29 is 14.3 Å². The summed E-state index contributed by atoms with van der Waals surface area (Å²) in [5, 5.41) is 3.51. The molecule has 0 bridgehead atoms. The standard InChI is InChI=1S/C21H19ClN2O3/c22-17-6-7-19-15(11-17)10-16(13-27-19)21(26)23-18-4-1-3-14(9-18)12-24-8-2-5-20(24)25/h1,3-4,6-7,9-11H,2,5,8,12-13H2,(H,23,26). The predicted octanol–water partition coefficient (Wildman–Crippen LogP) is 3.88. The fraction of sp³-hybridized carbons (Fsp3) is 0.238. The van der Waals surface area contributed by atoms with Gasteiger partial charge in [-0.3, -0.25) is 9.59 Å². The van der Waals surface area contributed by atoms with Gasteiger partial charge in [0.1, 0.15) is 12.4 Å². The molecule has 0 saturated carbocycles. The number of carbonyl (C=O) groups is 2. The summed E-state index contributed by atoms with van der Waals surface area (Å²) in [6, 6.07) is 12.9. The van der Waals surface area contributed by atoms with Gasteiger partial charge >= 0.3 is 0 Å². The lowest BCUT2D eigenvalue weighted by Gasteiger charge is -2.18. The molecule has 2 aliphatic rings. The second kappa shape index (κ2) is 7.45. The molecule has 1 saturated heterocycles. The van der Waals surface area contributed by atoms with Crippen LogP contribution in [0.1, 0.15) is 24.0 Å². The van der Waals surface area contributed by atoms with Crippen LogP contribution in [0.3, 0.4) is 0 Å². The van der Waals surface area contributed by atoms with E-state index in [-0.39, 0.29) is 18.4 Å². The van der Waals surface area contributed by atoms with Crippen molar-refractivity contribution in [1.82, 2.24) is 4.90 Å². The largest absolute Gasteiger partial charge is 0.488 e. The number of benzene rings is 2. The number of carbonyl (C=O) groups excluding carboxylic acids is 2. The van der Waals surface area contributed by atoms with Crippen molar-refractivity contribution in [2.24, 2.45) is 0 Å². The van der Waals surface area contributed by atoms with Crippen molar-refractivity contribution in [2.75, 3.05) is 18.5 Å². The quantitative estimate of drug-likeness (QED) is 0.873. The number of hydrogen-bond acceptors (Lipinski definition) is 3. The third kappa shape index (κ3) is 3.98. The van der Waals surface area contributed by atoms with E-state index in [2.05, 4.69) is 5.32 Å². The molecule has 138 valence electrons. The van der Waals surface area contributed by atoms with E-state index in [0.29, 0.717) is 35.0 Å². The van der Waals surface area contributed by atoms with Crippen LogP contribution in [0.4, 0.5) is 5.69 Å². The van der Waals surface area contributed by atoms with Crippen molar-refractivity contribution in [1.29, 1.82) is 0 Å². The summed E-state index contributed by atoms with van der Waals surface area (Å²) in [5.41, 5.74) is 3.01. The second-order valence-corrected chi connectivity index (χ2v) is 7.15. The summed E-state index contributed by atoms with van der Waals surface area (Å²) >= 11 is 6.02. The Labute approximate surface area is 162 Å². The maximum atomic E-state index is 12.6. The summed E-state index contributed by atoms with van der Waals surface area (Å²) in [6.45, 7) is 1.57. The molecule has 4 rings (SSSR count). The Morgan fingerprint density at radius 2 is 2.11 bits per heavy atom. The minimum absolute atomic E-state index is 0.186. The normalized spacial score (nSPS) is 15.8. The predicted molar refractivity (Wildman–Crippen MR) is 105 cm³/mol. The molecule has 1 N–H and O–H groups in total. The van der Waals surface area contributed by atoms with E-state index in [0.717, 1.165) is 24.1 Å². The summed E-state index contributed by atoms with van der Waals surface area (Å²) in [5.74, 6) is 0.689. The molecule has 0 unspecified atom stereocenters.